The maximum Gasteiger partial charge on any atom is 0.435 e. The molecule has 3 aliphatic carbocycles. The molecular weight excluding hydrogens is 782 g/mol. The molecule has 5 nitrogen and oxygen atoms in total. The van der Waals surface area contributed by atoms with Crippen molar-refractivity contribution in [3.8, 4) is 5.75 Å². The summed E-state index contributed by atoms with van der Waals surface area (Å²) in [4.78, 5) is 2.30. The fourth-order valence-electron chi connectivity index (χ4n) is 8.87. The Morgan fingerprint density at radius 2 is 1.53 bits per heavy atom. The van der Waals surface area contributed by atoms with E-state index in [9.17, 15) is 39.5 Å². The minimum Gasteiger partial charge on any atom is -0.492 e. The van der Waals surface area contributed by atoms with Crippen molar-refractivity contribution in [2.75, 3.05) is 52.3 Å². The number of hydrogen-bond donors (Lipinski definition) is 1. The maximum atomic E-state index is 13.2. The molecule has 4 rings (SSSR count). The Bertz CT molecular complexity index is 1310. The van der Waals surface area contributed by atoms with E-state index >= 15 is 0 Å². The molecule has 0 amide bonds. The zero-order valence-corrected chi connectivity index (χ0v) is 33.9. The van der Waals surface area contributed by atoms with Gasteiger partial charge in [0.25, 0.3) is 0 Å². The molecule has 0 spiro atoms. The predicted molar refractivity (Wildman–Crippen MR) is 200 cm³/mol. The van der Waals surface area contributed by atoms with Gasteiger partial charge in [0.2, 0.25) is 0 Å². The fraction of sp³-hybridized carbons (Fsp3) is 0.846. The number of unbranched alkanes of at least 4 members (excludes halogenated alkanes) is 3. The van der Waals surface area contributed by atoms with Crippen molar-refractivity contribution in [2.45, 2.75) is 139 Å². The smallest absolute Gasteiger partial charge is 0.435 e. The first-order valence-corrected chi connectivity index (χ1v) is 21.8. The monoisotopic (exact) mass is 839 g/mol. The fourth-order valence-corrected chi connectivity index (χ4v) is 11.6. The van der Waals surface area contributed by atoms with Crippen LogP contribution >= 0.6 is 21.6 Å². The molecule has 2 saturated carbocycles. The lowest BCUT2D eigenvalue weighted by molar-refractivity contribution is -0.457. The molecule has 318 valence electrons. The van der Waals surface area contributed by atoms with Gasteiger partial charge in [0.1, 0.15) is 12.4 Å². The number of likely N-dealkylation sites (N-methyl/N-ethyl adjacent to an activating group) is 1. The van der Waals surface area contributed by atoms with Gasteiger partial charge in [-0.3, -0.25) is 0 Å². The van der Waals surface area contributed by atoms with Gasteiger partial charge in [0, 0.05) is 30.3 Å². The second kappa shape index (κ2) is 19.3. The van der Waals surface area contributed by atoms with Crippen LogP contribution in [0.4, 0.5) is 39.5 Å². The topological polar surface area (TPSA) is 51.2 Å². The summed E-state index contributed by atoms with van der Waals surface area (Å²) < 4.78 is 135. The van der Waals surface area contributed by atoms with E-state index in [0.717, 1.165) is 82.4 Å². The zero-order valence-electron chi connectivity index (χ0n) is 32.3. The normalized spacial score (nSPS) is 24.9. The third-order valence-corrected chi connectivity index (χ3v) is 15.4. The van der Waals surface area contributed by atoms with Crippen LogP contribution in [0.2, 0.25) is 0 Å². The number of aliphatic hydroxyl groups excluding tert-OH is 1. The molecule has 0 radical (unpaired) electrons. The lowest BCUT2D eigenvalue weighted by Crippen LogP contribution is -2.67. The van der Waals surface area contributed by atoms with Crippen LogP contribution in [0, 0.1) is 17.3 Å². The molecule has 1 aromatic rings. The van der Waals surface area contributed by atoms with Gasteiger partial charge in [-0.1, -0.05) is 47.4 Å². The van der Waals surface area contributed by atoms with Crippen LogP contribution in [0.25, 0.3) is 0 Å². The molecule has 3 aliphatic rings. The molecule has 5 atom stereocenters. The van der Waals surface area contributed by atoms with Crippen LogP contribution in [-0.4, -0.2) is 97.3 Å². The second-order valence-electron chi connectivity index (χ2n) is 16.3. The van der Waals surface area contributed by atoms with E-state index in [1.807, 2.05) is 27.7 Å². The van der Waals surface area contributed by atoms with Gasteiger partial charge in [0.05, 0.1) is 12.7 Å². The largest absolute Gasteiger partial charge is 0.492 e. The average Bonchev–Trinajstić information content (AvgIpc) is 3.42. The van der Waals surface area contributed by atoms with Gasteiger partial charge < -0.3 is 24.2 Å². The van der Waals surface area contributed by atoms with Gasteiger partial charge in [0.15, 0.2) is 0 Å². The summed E-state index contributed by atoms with van der Waals surface area (Å²) in [6.07, 6.45) is -10.5. The van der Waals surface area contributed by atoms with E-state index < -0.39 is 37.2 Å². The summed E-state index contributed by atoms with van der Waals surface area (Å²) in [5.74, 6) is 3.05. The number of aliphatic hydroxyl groups is 1. The highest BCUT2D eigenvalue weighted by Crippen LogP contribution is 2.62. The summed E-state index contributed by atoms with van der Waals surface area (Å²) in [5.41, 5.74) is -3.89. The minimum absolute atomic E-state index is 0.168. The number of hydrogen-bond acceptors (Lipinski definition) is 7. The first-order chi connectivity index (χ1) is 25.7. The molecule has 55 heavy (non-hydrogen) atoms. The molecule has 0 saturated heterocycles. The van der Waals surface area contributed by atoms with Gasteiger partial charge in [-0.25, -0.2) is 0 Å². The van der Waals surface area contributed by atoms with Crippen LogP contribution in [0.3, 0.4) is 0 Å². The first kappa shape index (κ1) is 46.6. The van der Waals surface area contributed by atoms with Crippen LogP contribution in [0.1, 0.15) is 108 Å². The summed E-state index contributed by atoms with van der Waals surface area (Å²) in [6, 6.07) is 6.39. The van der Waals surface area contributed by atoms with Crippen LogP contribution in [0.15, 0.2) is 18.2 Å². The summed E-state index contributed by atoms with van der Waals surface area (Å²) in [6.45, 7) is 7.61. The quantitative estimate of drug-likeness (QED) is 0.0752. The Morgan fingerprint density at radius 1 is 0.836 bits per heavy atom. The Hall–Kier alpha value is -1.07. The van der Waals surface area contributed by atoms with Crippen LogP contribution in [0.5, 0.6) is 5.75 Å². The van der Waals surface area contributed by atoms with Gasteiger partial charge in [-0.2, -0.15) is 39.5 Å². The van der Waals surface area contributed by atoms with Crippen molar-refractivity contribution < 1.29 is 58.8 Å². The molecule has 1 aromatic carbocycles. The number of aryl methyl sites for hydroxylation is 1. The second-order valence-corrected chi connectivity index (χ2v) is 19.5. The summed E-state index contributed by atoms with van der Waals surface area (Å²) in [7, 11) is 6.00. The Labute approximate surface area is 327 Å². The van der Waals surface area contributed by atoms with Gasteiger partial charge in [-0.15, -0.1) is 0 Å². The molecule has 2 fully saturated rings. The van der Waals surface area contributed by atoms with Gasteiger partial charge in [-0.05, 0) is 138 Å². The van der Waals surface area contributed by atoms with E-state index in [2.05, 4.69) is 49.6 Å². The van der Waals surface area contributed by atoms with E-state index in [4.69, 9.17) is 14.6 Å². The van der Waals surface area contributed by atoms with Crippen molar-refractivity contribution in [3.63, 3.8) is 0 Å². The summed E-state index contributed by atoms with van der Waals surface area (Å²) in [5, 5.41) is 8.90. The Kier molecular flexibility index (Phi) is 16.4. The number of benzene rings is 1. The van der Waals surface area contributed by atoms with Gasteiger partial charge >= 0.3 is 24.1 Å². The van der Waals surface area contributed by atoms with Crippen molar-refractivity contribution >= 4 is 21.6 Å². The lowest BCUT2D eigenvalue weighted by atomic mass is 9.55. The van der Waals surface area contributed by atoms with E-state index in [1.54, 1.807) is 0 Å². The third-order valence-electron chi connectivity index (χ3n) is 12.0. The molecule has 0 aliphatic heterocycles. The van der Waals surface area contributed by atoms with Crippen molar-refractivity contribution in [1.29, 1.82) is 0 Å². The highest BCUT2D eigenvalue weighted by molar-refractivity contribution is 8.77. The third kappa shape index (κ3) is 11.4. The van der Waals surface area contributed by atoms with E-state index in [1.165, 1.54) is 17.5 Å². The Morgan fingerprint density at radius 3 is 2.20 bits per heavy atom. The molecule has 1 N–H and O–H groups in total. The standard InChI is InChI=1S/C39H58F9NO4S2/c1-34(2,55-54-25-8-6-5-7-21-50)18-19-49(4)20-24-51-28-11-13-29-27(26-28)10-12-31-30(29)16-17-35(3)32(31)14-15-33(35)52-22-9-23-53-36(37(40,41)42,38(43,44)45)39(46,47)48/h11,13,26,30-33,50H,5-10,12,14-25H2,1-4H3. The van der Waals surface area contributed by atoms with Crippen molar-refractivity contribution in [1.82, 2.24) is 4.90 Å². The van der Waals surface area contributed by atoms with Crippen molar-refractivity contribution in [2.24, 2.45) is 17.3 Å². The Balaban J connectivity index is 1.21. The maximum absolute atomic E-state index is 13.2. The molecule has 0 bridgehead atoms. The minimum atomic E-state index is -6.74. The number of ether oxygens (including phenoxy) is 3. The number of rotatable bonds is 21. The van der Waals surface area contributed by atoms with Crippen molar-refractivity contribution in [3.05, 3.63) is 29.3 Å². The molecule has 5 unspecified atom stereocenters. The first-order valence-electron chi connectivity index (χ1n) is 19.5. The SMILES string of the molecule is CN(CCOc1ccc2c(c1)CCC1C2CCC2(C)C(OCCCOC(C(F)(F)F)(C(F)(F)F)C(F)(F)F)CCC12)CCC(C)(C)SSCCCCCCO. The number of alkyl halides is 9. The molecule has 0 heterocycles. The zero-order chi connectivity index (χ0) is 40.7. The summed E-state index contributed by atoms with van der Waals surface area (Å²) >= 11 is 0. The predicted octanol–water partition coefficient (Wildman–Crippen LogP) is 11.2. The molecule has 0 aromatic heterocycles. The van der Waals surface area contributed by atoms with Crippen LogP contribution < -0.4 is 4.74 Å². The van der Waals surface area contributed by atoms with E-state index in [-0.39, 0.29) is 29.5 Å². The number of halogens is 9. The number of nitrogens with zero attached hydrogens (tertiary/aromatic N) is 1. The molecular formula is C39H58F9NO4S2. The average molecular weight is 840 g/mol. The van der Waals surface area contributed by atoms with E-state index in [0.29, 0.717) is 30.8 Å². The highest BCUT2D eigenvalue weighted by atomic mass is 33.1. The lowest BCUT2D eigenvalue weighted by Gasteiger charge is -2.50. The number of fused-ring (bicyclic) bond motifs is 5. The van der Waals surface area contributed by atoms with Crippen LogP contribution in [-0.2, 0) is 15.9 Å². The molecule has 16 heteroatoms. The highest BCUT2D eigenvalue weighted by Gasteiger charge is 2.85.